The number of nitrogens with zero attached hydrogens (tertiary/aromatic N) is 4. The highest BCUT2D eigenvalue weighted by atomic mass is 16.1. The van der Waals surface area contributed by atoms with Gasteiger partial charge in [0.25, 0.3) is 5.91 Å². The van der Waals surface area contributed by atoms with Gasteiger partial charge in [-0.3, -0.25) is 4.79 Å². The summed E-state index contributed by atoms with van der Waals surface area (Å²) in [6.45, 7) is 3.80. The topological polar surface area (TPSA) is 84.7 Å². The monoisotopic (exact) mass is 348 g/mol. The highest BCUT2D eigenvalue weighted by Gasteiger charge is 2.21. The van der Waals surface area contributed by atoms with Crippen LogP contribution in [0.4, 0.5) is 5.82 Å². The molecule has 3 aromatic rings. The van der Waals surface area contributed by atoms with Crippen molar-refractivity contribution in [3.63, 3.8) is 0 Å². The number of rotatable bonds is 4. The van der Waals surface area contributed by atoms with Crippen LogP contribution in [0.5, 0.6) is 0 Å². The van der Waals surface area contributed by atoms with Gasteiger partial charge in [-0.05, 0) is 43.7 Å². The van der Waals surface area contributed by atoms with Crippen molar-refractivity contribution in [1.29, 1.82) is 0 Å². The second-order valence-corrected chi connectivity index (χ2v) is 6.39. The van der Waals surface area contributed by atoms with Crippen molar-refractivity contribution >= 4 is 11.7 Å². The summed E-state index contributed by atoms with van der Waals surface area (Å²) in [5.74, 6) is 1.04. The Balaban J connectivity index is 1.59. The van der Waals surface area contributed by atoms with Gasteiger partial charge >= 0.3 is 0 Å². The van der Waals surface area contributed by atoms with Gasteiger partial charge in [0, 0.05) is 12.1 Å². The number of anilines is 1. The number of carbonyl (C=O) groups is 1. The molecule has 1 aliphatic rings. The van der Waals surface area contributed by atoms with Crippen LogP contribution in [0.15, 0.2) is 48.8 Å². The zero-order chi connectivity index (χ0) is 17.9. The Hall–Kier alpha value is -3.06. The molecule has 1 fully saturated rings. The van der Waals surface area contributed by atoms with Crippen LogP contribution >= 0.6 is 0 Å². The molecule has 1 amide bonds. The number of aromatic nitrogens is 4. The number of hydrogen-bond acceptors (Lipinski definition) is 5. The minimum atomic E-state index is -0.172. The lowest BCUT2D eigenvalue weighted by molar-refractivity contribution is 0.102. The molecule has 1 saturated heterocycles. The second kappa shape index (κ2) is 7.05. The third kappa shape index (κ3) is 3.21. The van der Waals surface area contributed by atoms with Crippen molar-refractivity contribution in [3.05, 3.63) is 59.9 Å². The van der Waals surface area contributed by atoms with Gasteiger partial charge in [0.05, 0.1) is 6.04 Å². The van der Waals surface area contributed by atoms with Crippen molar-refractivity contribution in [1.82, 2.24) is 25.1 Å². The summed E-state index contributed by atoms with van der Waals surface area (Å²) in [7, 11) is 0. The van der Waals surface area contributed by atoms with Crippen molar-refractivity contribution in [2.24, 2.45) is 0 Å². The third-order valence-corrected chi connectivity index (χ3v) is 4.61. The maximum atomic E-state index is 12.5. The molecule has 2 N–H and O–H groups in total. The number of benzene rings is 1. The Morgan fingerprint density at radius 1 is 1.23 bits per heavy atom. The van der Waals surface area contributed by atoms with E-state index in [1.54, 1.807) is 18.5 Å². The van der Waals surface area contributed by atoms with E-state index in [1.165, 1.54) is 0 Å². The summed E-state index contributed by atoms with van der Waals surface area (Å²) >= 11 is 0. The van der Waals surface area contributed by atoms with Crippen LogP contribution in [0, 0.1) is 6.92 Å². The lowest BCUT2D eigenvalue weighted by atomic mass is 10.1. The SMILES string of the molecule is Cc1ccccc1C(=O)Nc1cccc(-c2nncn2C2CCNC2)n1. The second-order valence-electron chi connectivity index (χ2n) is 6.39. The summed E-state index contributed by atoms with van der Waals surface area (Å²) in [6.07, 6.45) is 2.78. The van der Waals surface area contributed by atoms with E-state index < -0.39 is 0 Å². The van der Waals surface area contributed by atoms with Gasteiger partial charge in [0.1, 0.15) is 17.8 Å². The Morgan fingerprint density at radius 2 is 2.12 bits per heavy atom. The molecule has 0 bridgehead atoms. The molecule has 3 heterocycles. The number of hydrogen-bond donors (Lipinski definition) is 2. The van der Waals surface area contributed by atoms with E-state index in [9.17, 15) is 4.79 Å². The molecule has 26 heavy (non-hydrogen) atoms. The molecule has 0 radical (unpaired) electrons. The zero-order valence-electron chi connectivity index (χ0n) is 14.5. The van der Waals surface area contributed by atoms with E-state index in [0.29, 0.717) is 28.9 Å². The van der Waals surface area contributed by atoms with E-state index in [2.05, 4.69) is 30.4 Å². The molecular weight excluding hydrogens is 328 g/mol. The van der Waals surface area contributed by atoms with Crippen LogP contribution in [0.25, 0.3) is 11.5 Å². The molecule has 1 unspecified atom stereocenters. The largest absolute Gasteiger partial charge is 0.315 e. The summed E-state index contributed by atoms with van der Waals surface area (Å²) in [6, 6.07) is 13.3. The lowest BCUT2D eigenvalue weighted by Crippen LogP contribution is -2.15. The fraction of sp³-hybridized carbons (Fsp3) is 0.263. The van der Waals surface area contributed by atoms with E-state index in [-0.39, 0.29) is 5.91 Å². The summed E-state index contributed by atoms with van der Waals surface area (Å²) in [5, 5.41) is 14.5. The van der Waals surface area contributed by atoms with Crippen molar-refractivity contribution in [3.8, 4) is 11.5 Å². The van der Waals surface area contributed by atoms with Gasteiger partial charge in [0.2, 0.25) is 0 Å². The Labute approximate surface area is 151 Å². The standard InChI is InChI=1S/C19H20N6O/c1-13-5-2-3-6-15(13)19(26)23-17-8-4-7-16(22-17)18-24-21-12-25(18)14-9-10-20-11-14/h2-8,12,14,20H,9-11H2,1H3,(H,22,23,26). The normalized spacial score (nSPS) is 16.6. The first-order valence-corrected chi connectivity index (χ1v) is 8.67. The quantitative estimate of drug-likeness (QED) is 0.756. The Kier molecular flexibility index (Phi) is 4.45. The van der Waals surface area contributed by atoms with Gasteiger partial charge in [-0.2, -0.15) is 0 Å². The zero-order valence-corrected chi connectivity index (χ0v) is 14.5. The van der Waals surface area contributed by atoms with Gasteiger partial charge in [-0.1, -0.05) is 24.3 Å². The first-order valence-electron chi connectivity index (χ1n) is 8.67. The maximum absolute atomic E-state index is 12.5. The summed E-state index contributed by atoms with van der Waals surface area (Å²) in [4.78, 5) is 17.1. The van der Waals surface area contributed by atoms with Gasteiger partial charge in [-0.25, -0.2) is 4.98 Å². The molecule has 1 aromatic carbocycles. The first kappa shape index (κ1) is 16.4. The van der Waals surface area contributed by atoms with Gasteiger partial charge in [0.15, 0.2) is 5.82 Å². The number of pyridine rings is 1. The molecular formula is C19H20N6O. The number of aryl methyl sites for hydroxylation is 1. The molecule has 1 atom stereocenters. The van der Waals surface area contributed by atoms with Crippen LogP contribution in [-0.4, -0.2) is 38.7 Å². The molecule has 2 aromatic heterocycles. The third-order valence-electron chi connectivity index (χ3n) is 4.61. The maximum Gasteiger partial charge on any atom is 0.257 e. The van der Waals surface area contributed by atoms with Crippen LogP contribution in [0.2, 0.25) is 0 Å². The Bertz CT molecular complexity index is 929. The number of amides is 1. The number of carbonyl (C=O) groups excluding carboxylic acids is 1. The summed E-state index contributed by atoms with van der Waals surface area (Å²) < 4.78 is 2.05. The molecule has 1 aliphatic heterocycles. The average Bonchev–Trinajstić information content (AvgIpc) is 3.33. The van der Waals surface area contributed by atoms with Crippen molar-refractivity contribution in [2.75, 3.05) is 18.4 Å². The fourth-order valence-electron chi connectivity index (χ4n) is 3.21. The van der Waals surface area contributed by atoms with Crippen LogP contribution in [0.1, 0.15) is 28.4 Å². The molecule has 7 heteroatoms. The summed E-state index contributed by atoms with van der Waals surface area (Å²) in [5.41, 5.74) is 2.26. The lowest BCUT2D eigenvalue weighted by Gasteiger charge is -2.13. The van der Waals surface area contributed by atoms with Crippen molar-refractivity contribution < 1.29 is 4.79 Å². The van der Waals surface area contributed by atoms with Crippen LogP contribution in [-0.2, 0) is 0 Å². The molecule has 0 aliphatic carbocycles. The van der Waals surface area contributed by atoms with Gasteiger partial charge in [-0.15, -0.1) is 10.2 Å². The number of nitrogens with one attached hydrogen (secondary N) is 2. The molecule has 0 spiro atoms. The minimum absolute atomic E-state index is 0.172. The average molecular weight is 348 g/mol. The van der Waals surface area contributed by atoms with E-state index in [4.69, 9.17) is 0 Å². The van der Waals surface area contributed by atoms with Crippen molar-refractivity contribution in [2.45, 2.75) is 19.4 Å². The first-order chi connectivity index (χ1) is 12.7. The fourth-order valence-corrected chi connectivity index (χ4v) is 3.21. The minimum Gasteiger partial charge on any atom is -0.315 e. The molecule has 4 rings (SSSR count). The van der Waals surface area contributed by atoms with E-state index in [1.807, 2.05) is 37.3 Å². The molecule has 0 saturated carbocycles. The predicted octanol–water partition coefficient (Wildman–Crippen LogP) is 2.44. The van der Waals surface area contributed by atoms with E-state index in [0.717, 1.165) is 25.1 Å². The smallest absolute Gasteiger partial charge is 0.257 e. The van der Waals surface area contributed by atoms with Gasteiger partial charge < -0.3 is 15.2 Å². The molecule has 7 nitrogen and oxygen atoms in total. The Morgan fingerprint density at radius 3 is 2.92 bits per heavy atom. The predicted molar refractivity (Wildman–Crippen MR) is 98.9 cm³/mol. The van der Waals surface area contributed by atoms with Crippen LogP contribution < -0.4 is 10.6 Å². The molecule has 132 valence electrons. The van der Waals surface area contributed by atoms with E-state index >= 15 is 0 Å². The van der Waals surface area contributed by atoms with Crippen LogP contribution in [0.3, 0.4) is 0 Å². The highest BCUT2D eigenvalue weighted by molar-refractivity contribution is 6.04. The highest BCUT2D eigenvalue weighted by Crippen LogP contribution is 2.23.